The monoisotopic (exact) mass is 262 g/mol. The van der Waals surface area contributed by atoms with E-state index < -0.39 is 24.8 Å². The summed E-state index contributed by atoms with van der Waals surface area (Å²) in [5, 5.41) is 31.4. The van der Waals surface area contributed by atoms with Gasteiger partial charge in [0.1, 0.15) is 18.2 Å². The molecule has 3 heterocycles. The van der Waals surface area contributed by atoms with Crippen LogP contribution in [0.15, 0.2) is 0 Å². The minimum atomic E-state index is -0.701. The molecule has 12 nitrogen and oxygen atoms in total. The summed E-state index contributed by atoms with van der Waals surface area (Å²) < 4.78 is 0. The summed E-state index contributed by atoms with van der Waals surface area (Å²) in [7, 11) is 0. The molecule has 0 atom stereocenters. The Morgan fingerprint density at radius 3 is 1.05 bits per heavy atom. The maximum atomic E-state index is 8.97. The maximum Gasteiger partial charge on any atom is 0.199 e. The lowest BCUT2D eigenvalue weighted by Crippen LogP contribution is -2.91. The number of nitrogens with zero attached hydrogens (tertiary/aromatic N) is 6. The third-order valence-corrected chi connectivity index (χ3v) is 2.69. The van der Waals surface area contributed by atoms with E-state index in [2.05, 4.69) is 32.6 Å². The van der Waals surface area contributed by atoms with E-state index in [0.717, 1.165) is 0 Å². The molecule has 19 heavy (non-hydrogen) atoms. The second-order valence-electron chi connectivity index (χ2n) is 3.92. The van der Waals surface area contributed by atoms with Crippen LogP contribution in [-0.4, -0.2) is 40.1 Å². The summed E-state index contributed by atoms with van der Waals surface area (Å²) in [5.74, 6) is 0. The zero-order chi connectivity index (χ0) is 13.4. The average molecular weight is 262 g/mol. The normalized spacial score (nSPS) is 39.6. The van der Waals surface area contributed by atoms with Crippen LogP contribution in [0.25, 0.3) is 0 Å². The Hall–Kier alpha value is -1.89. The SMILES string of the molecule is N#CC1NN2NC(C#N)NN3NC(C#N)NN(N1)C23. The third kappa shape index (κ3) is 1.99. The van der Waals surface area contributed by atoms with Gasteiger partial charge in [-0.3, -0.25) is 0 Å². The molecule has 3 aliphatic rings. The predicted molar refractivity (Wildman–Crippen MR) is 56.3 cm³/mol. The fourth-order valence-corrected chi connectivity index (χ4v) is 1.95. The standard InChI is InChI=1S/C7H10N12/c8-1-4-11-17-7-18(12-4)14-6(3-10)16-19(7)15-5(2-9)13-17/h4-7,11-16H. The summed E-state index contributed by atoms with van der Waals surface area (Å²) in [5.41, 5.74) is 17.1. The molecule has 0 amide bonds. The Morgan fingerprint density at radius 2 is 0.842 bits per heavy atom. The molecular weight excluding hydrogens is 252 g/mol. The lowest BCUT2D eigenvalue weighted by molar-refractivity contribution is -0.294. The number of rotatable bonds is 0. The summed E-state index contributed by atoms with van der Waals surface area (Å²) in [6.45, 7) is 0. The molecule has 12 heteroatoms. The molecule has 3 rings (SSSR count). The van der Waals surface area contributed by atoms with Crippen molar-refractivity contribution in [3.8, 4) is 18.2 Å². The zero-order valence-corrected chi connectivity index (χ0v) is 9.49. The van der Waals surface area contributed by atoms with Crippen molar-refractivity contribution >= 4 is 0 Å². The Bertz CT molecular complexity index is 394. The smallest absolute Gasteiger partial charge is 0.199 e. The van der Waals surface area contributed by atoms with Gasteiger partial charge in [0.25, 0.3) is 0 Å². The fourth-order valence-electron chi connectivity index (χ4n) is 1.95. The number of nitrogens with one attached hydrogen (secondary N) is 6. The van der Waals surface area contributed by atoms with Crippen LogP contribution in [0.3, 0.4) is 0 Å². The molecule has 0 aromatic rings. The van der Waals surface area contributed by atoms with Crippen molar-refractivity contribution < 1.29 is 0 Å². The van der Waals surface area contributed by atoms with Gasteiger partial charge in [-0.15, -0.1) is 15.4 Å². The van der Waals surface area contributed by atoms with Crippen LogP contribution in [0.2, 0.25) is 0 Å². The van der Waals surface area contributed by atoms with Gasteiger partial charge >= 0.3 is 0 Å². The topological polar surface area (TPSA) is 153 Å². The molecule has 0 radical (unpaired) electrons. The minimum Gasteiger partial charge on any atom is -0.207 e. The fraction of sp³-hybridized carbons (Fsp3) is 0.571. The van der Waals surface area contributed by atoms with E-state index in [1.165, 1.54) is 15.4 Å². The van der Waals surface area contributed by atoms with Gasteiger partial charge in [0.15, 0.2) is 24.8 Å². The number of hydrazine groups is 6. The van der Waals surface area contributed by atoms with Crippen molar-refractivity contribution in [3.63, 3.8) is 0 Å². The van der Waals surface area contributed by atoms with Crippen LogP contribution < -0.4 is 32.6 Å². The highest BCUT2D eigenvalue weighted by molar-refractivity contribution is 4.98. The van der Waals surface area contributed by atoms with Gasteiger partial charge in [-0.05, 0) is 0 Å². The highest BCUT2D eigenvalue weighted by Gasteiger charge is 2.47. The van der Waals surface area contributed by atoms with E-state index in [1.54, 1.807) is 0 Å². The van der Waals surface area contributed by atoms with Gasteiger partial charge < -0.3 is 0 Å². The van der Waals surface area contributed by atoms with Crippen molar-refractivity contribution in [1.29, 1.82) is 15.8 Å². The Kier molecular flexibility index (Phi) is 2.98. The summed E-state index contributed by atoms with van der Waals surface area (Å²) in [4.78, 5) is 0. The molecule has 3 saturated heterocycles. The highest BCUT2D eigenvalue weighted by atomic mass is 16.1. The first-order chi connectivity index (χ1) is 9.25. The van der Waals surface area contributed by atoms with E-state index in [4.69, 9.17) is 15.8 Å². The van der Waals surface area contributed by atoms with Crippen LogP contribution in [0.4, 0.5) is 0 Å². The van der Waals surface area contributed by atoms with Crippen LogP contribution >= 0.6 is 0 Å². The minimum absolute atomic E-state index is 0.473. The van der Waals surface area contributed by atoms with Crippen LogP contribution in [0, 0.1) is 34.0 Å². The molecule has 0 spiro atoms. The van der Waals surface area contributed by atoms with Gasteiger partial charge in [0, 0.05) is 0 Å². The first-order valence-corrected chi connectivity index (χ1v) is 5.39. The van der Waals surface area contributed by atoms with Crippen molar-refractivity contribution in [2.45, 2.75) is 24.8 Å². The van der Waals surface area contributed by atoms with Gasteiger partial charge in [-0.25, -0.2) is 32.6 Å². The second kappa shape index (κ2) is 4.65. The van der Waals surface area contributed by atoms with Gasteiger partial charge in [-0.2, -0.15) is 15.8 Å². The van der Waals surface area contributed by atoms with E-state index in [9.17, 15) is 0 Å². The Morgan fingerprint density at radius 1 is 0.579 bits per heavy atom. The number of nitriles is 3. The van der Waals surface area contributed by atoms with Gasteiger partial charge in [-0.1, -0.05) is 0 Å². The average Bonchev–Trinajstić information content (AvgIpc) is 2.46. The third-order valence-electron chi connectivity index (χ3n) is 2.69. The molecule has 0 aromatic carbocycles. The lowest BCUT2D eigenvalue weighted by Gasteiger charge is -2.56. The number of hydrogen-bond acceptors (Lipinski definition) is 12. The molecule has 0 saturated carbocycles. The molecule has 3 fully saturated rings. The van der Waals surface area contributed by atoms with Crippen molar-refractivity contribution in [1.82, 2.24) is 47.9 Å². The Balaban J connectivity index is 1.86. The molecule has 0 unspecified atom stereocenters. The van der Waals surface area contributed by atoms with E-state index >= 15 is 0 Å². The molecule has 6 N–H and O–H groups in total. The molecule has 98 valence electrons. The van der Waals surface area contributed by atoms with Crippen molar-refractivity contribution in [2.24, 2.45) is 0 Å². The Labute approximate surface area is 107 Å². The maximum absolute atomic E-state index is 8.97. The number of hydrogen-bond donors (Lipinski definition) is 6. The summed E-state index contributed by atoms with van der Waals surface area (Å²) in [6, 6.07) is 5.99. The van der Waals surface area contributed by atoms with Gasteiger partial charge in [0.2, 0.25) is 0 Å². The van der Waals surface area contributed by atoms with Crippen LogP contribution in [-0.2, 0) is 0 Å². The van der Waals surface area contributed by atoms with E-state index in [0.29, 0.717) is 0 Å². The predicted octanol–water partition coefficient (Wildman–Crippen LogP) is -4.21. The second-order valence-corrected chi connectivity index (χ2v) is 3.92. The quantitative estimate of drug-likeness (QED) is 0.251. The first-order valence-electron chi connectivity index (χ1n) is 5.39. The molecule has 3 aliphatic heterocycles. The zero-order valence-electron chi connectivity index (χ0n) is 9.49. The first kappa shape index (κ1) is 12.2. The van der Waals surface area contributed by atoms with E-state index in [-0.39, 0.29) is 0 Å². The van der Waals surface area contributed by atoms with Crippen molar-refractivity contribution in [2.75, 3.05) is 0 Å². The lowest BCUT2D eigenvalue weighted by atomic mass is 10.5. The van der Waals surface area contributed by atoms with Gasteiger partial charge in [0.05, 0.1) is 0 Å². The summed E-state index contributed by atoms with van der Waals surface area (Å²) >= 11 is 0. The molecule has 0 aromatic heterocycles. The largest absolute Gasteiger partial charge is 0.207 e. The van der Waals surface area contributed by atoms with E-state index in [1.807, 2.05) is 18.2 Å². The van der Waals surface area contributed by atoms with Crippen molar-refractivity contribution in [3.05, 3.63) is 0 Å². The van der Waals surface area contributed by atoms with Crippen LogP contribution in [0.1, 0.15) is 0 Å². The van der Waals surface area contributed by atoms with Crippen LogP contribution in [0.5, 0.6) is 0 Å². The molecular formula is C7H10N12. The molecule has 0 bridgehead atoms. The molecule has 0 aliphatic carbocycles. The summed E-state index contributed by atoms with van der Waals surface area (Å²) in [6.07, 6.45) is -2.58. The highest BCUT2D eigenvalue weighted by Crippen LogP contribution is 2.13.